The molecule has 0 heterocycles. The highest BCUT2D eigenvalue weighted by Gasteiger charge is 2.14. The number of aliphatic hydroxyl groups is 1. The molecule has 0 fully saturated rings. The SMILES string of the molecule is CC(C)OC(=O)C(O)CN. The van der Waals surface area contributed by atoms with Crippen LogP contribution in [0, 0.1) is 0 Å². The van der Waals surface area contributed by atoms with Gasteiger partial charge in [0.2, 0.25) is 0 Å². The molecule has 1 unspecified atom stereocenters. The smallest absolute Gasteiger partial charge is 0.336 e. The first-order valence-corrected chi connectivity index (χ1v) is 3.16. The zero-order chi connectivity index (χ0) is 8.15. The molecule has 0 saturated heterocycles. The van der Waals surface area contributed by atoms with Crippen LogP contribution in [0.4, 0.5) is 0 Å². The van der Waals surface area contributed by atoms with E-state index in [0.717, 1.165) is 0 Å². The molecule has 60 valence electrons. The van der Waals surface area contributed by atoms with Gasteiger partial charge >= 0.3 is 5.97 Å². The van der Waals surface area contributed by atoms with E-state index < -0.39 is 12.1 Å². The summed E-state index contributed by atoms with van der Waals surface area (Å²) in [5, 5.41) is 8.78. The van der Waals surface area contributed by atoms with Crippen LogP contribution in [0.25, 0.3) is 0 Å². The molecule has 0 spiro atoms. The number of esters is 1. The predicted molar refractivity (Wildman–Crippen MR) is 36.3 cm³/mol. The van der Waals surface area contributed by atoms with Crippen LogP contribution in [0.3, 0.4) is 0 Å². The van der Waals surface area contributed by atoms with E-state index in [4.69, 9.17) is 10.8 Å². The van der Waals surface area contributed by atoms with Gasteiger partial charge in [0, 0.05) is 6.54 Å². The summed E-state index contributed by atoms with van der Waals surface area (Å²) >= 11 is 0. The Kier molecular flexibility index (Phi) is 3.99. The first kappa shape index (κ1) is 9.39. The summed E-state index contributed by atoms with van der Waals surface area (Å²) in [6.07, 6.45) is -1.38. The number of aliphatic hydroxyl groups excluding tert-OH is 1. The van der Waals surface area contributed by atoms with Crippen LogP contribution in [0.5, 0.6) is 0 Å². The van der Waals surface area contributed by atoms with Crippen LogP contribution in [0.15, 0.2) is 0 Å². The third-order valence-corrected chi connectivity index (χ3v) is 0.847. The van der Waals surface area contributed by atoms with Gasteiger partial charge in [-0.25, -0.2) is 4.79 Å². The molecule has 0 aromatic rings. The molecule has 3 N–H and O–H groups in total. The zero-order valence-corrected chi connectivity index (χ0v) is 6.20. The Morgan fingerprint density at radius 3 is 2.50 bits per heavy atom. The zero-order valence-electron chi connectivity index (χ0n) is 6.20. The van der Waals surface area contributed by atoms with Crippen molar-refractivity contribution in [3.63, 3.8) is 0 Å². The maximum atomic E-state index is 10.6. The third-order valence-electron chi connectivity index (χ3n) is 0.847. The summed E-state index contributed by atoms with van der Waals surface area (Å²) in [6.45, 7) is 3.33. The molecule has 10 heavy (non-hydrogen) atoms. The molecule has 0 aromatic carbocycles. The first-order chi connectivity index (χ1) is 4.57. The van der Waals surface area contributed by atoms with Crippen molar-refractivity contribution in [3.05, 3.63) is 0 Å². The minimum Gasteiger partial charge on any atom is -0.461 e. The fourth-order valence-electron chi connectivity index (χ4n) is 0.407. The van der Waals surface area contributed by atoms with Crippen molar-refractivity contribution in [1.82, 2.24) is 0 Å². The second kappa shape index (κ2) is 4.24. The van der Waals surface area contributed by atoms with Gasteiger partial charge < -0.3 is 15.6 Å². The minimum atomic E-state index is -1.18. The maximum absolute atomic E-state index is 10.6. The van der Waals surface area contributed by atoms with Crippen molar-refractivity contribution in [3.8, 4) is 0 Å². The standard InChI is InChI=1S/C6H13NO3/c1-4(2)10-6(9)5(8)3-7/h4-5,8H,3,7H2,1-2H3. The highest BCUT2D eigenvalue weighted by atomic mass is 16.6. The molecule has 0 aliphatic heterocycles. The number of rotatable bonds is 3. The molecule has 1 atom stereocenters. The fraction of sp³-hybridized carbons (Fsp3) is 0.833. The van der Waals surface area contributed by atoms with Gasteiger partial charge in [-0.15, -0.1) is 0 Å². The fourth-order valence-corrected chi connectivity index (χ4v) is 0.407. The van der Waals surface area contributed by atoms with Gasteiger partial charge in [-0.3, -0.25) is 0 Å². The van der Waals surface area contributed by atoms with Crippen molar-refractivity contribution in [2.45, 2.75) is 26.1 Å². The Morgan fingerprint density at radius 1 is 1.70 bits per heavy atom. The second-order valence-electron chi connectivity index (χ2n) is 2.24. The predicted octanol–water partition coefficient (Wildman–Crippen LogP) is -0.742. The summed E-state index contributed by atoms with van der Waals surface area (Å²) in [6, 6.07) is 0. The molecule has 0 radical (unpaired) electrons. The Hall–Kier alpha value is -0.610. The monoisotopic (exact) mass is 147 g/mol. The summed E-state index contributed by atoms with van der Waals surface area (Å²) in [7, 11) is 0. The molecule has 0 bridgehead atoms. The van der Waals surface area contributed by atoms with E-state index in [1.807, 2.05) is 0 Å². The Balaban J connectivity index is 3.62. The van der Waals surface area contributed by atoms with Crippen LogP contribution in [0.2, 0.25) is 0 Å². The molecule has 0 rings (SSSR count). The normalized spacial score (nSPS) is 13.3. The van der Waals surface area contributed by atoms with Gasteiger partial charge in [0.25, 0.3) is 0 Å². The Labute approximate surface area is 60.0 Å². The summed E-state index contributed by atoms with van der Waals surface area (Å²) in [5.74, 6) is -0.655. The van der Waals surface area contributed by atoms with Crippen LogP contribution in [-0.2, 0) is 9.53 Å². The number of nitrogens with two attached hydrogens (primary N) is 1. The minimum absolute atomic E-state index is 0.0917. The van der Waals surface area contributed by atoms with Crippen LogP contribution in [0.1, 0.15) is 13.8 Å². The number of ether oxygens (including phenoxy) is 1. The largest absolute Gasteiger partial charge is 0.461 e. The van der Waals surface area contributed by atoms with Gasteiger partial charge in [0.1, 0.15) is 0 Å². The second-order valence-corrected chi connectivity index (χ2v) is 2.24. The average Bonchev–Trinajstić information content (AvgIpc) is 1.85. The average molecular weight is 147 g/mol. The topological polar surface area (TPSA) is 72.5 Å². The Bertz CT molecular complexity index is 114. The van der Waals surface area contributed by atoms with E-state index >= 15 is 0 Å². The van der Waals surface area contributed by atoms with Crippen molar-refractivity contribution < 1.29 is 14.6 Å². The molecule has 0 aliphatic carbocycles. The lowest BCUT2D eigenvalue weighted by molar-refractivity contribution is -0.156. The molecule has 4 nitrogen and oxygen atoms in total. The number of hydrogen-bond donors (Lipinski definition) is 2. The van der Waals surface area contributed by atoms with Crippen LogP contribution >= 0.6 is 0 Å². The van der Waals surface area contributed by atoms with E-state index in [-0.39, 0.29) is 12.6 Å². The lowest BCUT2D eigenvalue weighted by Gasteiger charge is -2.10. The molecule has 0 amide bonds. The third kappa shape index (κ3) is 3.42. The highest BCUT2D eigenvalue weighted by molar-refractivity contribution is 5.74. The number of hydrogen-bond acceptors (Lipinski definition) is 4. The maximum Gasteiger partial charge on any atom is 0.336 e. The lowest BCUT2D eigenvalue weighted by atomic mass is 10.3. The quantitative estimate of drug-likeness (QED) is 0.515. The van der Waals surface area contributed by atoms with Crippen LogP contribution < -0.4 is 5.73 Å². The molecular weight excluding hydrogens is 134 g/mol. The van der Waals surface area contributed by atoms with E-state index in [0.29, 0.717) is 0 Å². The van der Waals surface area contributed by atoms with Crippen molar-refractivity contribution in [1.29, 1.82) is 0 Å². The molecule has 0 aromatic heterocycles. The number of carbonyl (C=O) groups is 1. The van der Waals surface area contributed by atoms with Crippen molar-refractivity contribution in [2.75, 3.05) is 6.54 Å². The summed E-state index contributed by atoms with van der Waals surface area (Å²) in [4.78, 5) is 10.6. The van der Waals surface area contributed by atoms with Gasteiger partial charge in [0.15, 0.2) is 6.10 Å². The van der Waals surface area contributed by atoms with Gasteiger partial charge in [0.05, 0.1) is 6.10 Å². The summed E-state index contributed by atoms with van der Waals surface area (Å²) in [5.41, 5.74) is 5.00. The van der Waals surface area contributed by atoms with Gasteiger partial charge in [-0.1, -0.05) is 0 Å². The van der Waals surface area contributed by atoms with Gasteiger partial charge in [-0.2, -0.15) is 0 Å². The van der Waals surface area contributed by atoms with Gasteiger partial charge in [-0.05, 0) is 13.8 Å². The molecular formula is C6H13NO3. The highest BCUT2D eigenvalue weighted by Crippen LogP contribution is 1.92. The van der Waals surface area contributed by atoms with E-state index in [1.165, 1.54) is 0 Å². The summed E-state index contributed by atoms with van der Waals surface area (Å²) < 4.78 is 4.63. The Morgan fingerprint density at radius 2 is 2.20 bits per heavy atom. The lowest BCUT2D eigenvalue weighted by Crippen LogP contribution is -2.32. The first-order valence-electron chi connectivity index (χ1n) is 3.16. The molecule has 0 aliphatic rings. The van der Waals surface area contributed by atoms with Crippen LogP contribution in [-0.4, -0.2) is 29.8 Å². The van der Waals surface area contributed by atoms with E-state index in [2.05, 4.69) is 4.74 Å². The molecule has 4 heteroatoms. The van der Waals surface area contributed by atoms with E-state index in [1.54, 1.807) is 13.8 Å². The van der Waals surface area contributed by atoms with Crippen molar-refractivity contribution in [2.24, 2.45) is 5.73 Å². The molecule has 0 saturated carbocycles. The number of carbonyl (C=O) groups excluding carboxylic acids is 1. The van der Waals surface area contributed by atoms with Crippen molar-refractivity contribution >= 4 is 5.97 Å². The van der Waals surface area contributed by atoms with E-state index in [9.17, 15) is 4.79 Å².